The molecule has 0 amide bonds. The number of aldehydes is 1. The molecule has 0 bridgehead atoms. The molecule has 1 atom stereocenters. The Kier molecular flexibility index (Phi) is 43.9. The van der Waals surface area contributed by atoms with Gasteiger partial charge in [-0.25, -0.2) is 0 Å². The molecule has 0 heterocycles. The van der Waals surface area contributed by atoms with Crippen molar-refractivity contribution in [1.29, 1.82) is 0 Å². The quantitative estimate of drug-likeness (QED) is 0.0430. The van der Waals surface area contributed by atoms with Gasteiger partial charge in [0.25, 0.3) is 0 Å². The van der Waals surface area contributed by atoms with Gasteiger partial charge < -0.3 is 20.1 Å². The van der Waals surface area contributed by atoms with Crippen LogP contribution in [-0.2, 0) is 19.2 Å². The van der Waals surface area contributed by atoms with Gasteiger partial charge in [-0.1, -0.05) is 133 Å². The fourth-order valence-electron chi connectivity index (χ4n) is 3.42. The van der Waals surface area contributed by atoms with E-state index in [9.17, 15) is 19.2 Å². The van der Waals surface area contributed by atoms with Crippen molar-refractivity contribution in [2.75, 3.05) is 18.2 Å². The standard InChI is InChI=1S/C18H15P.C7H12O2.C5H11O2P.C4H7BrO2.C4H8O.BrH.FH.H2/c1-4-10-16(11-5-1)19(17-12-6-2-7-13-17)18-14-8-3-9-15-18;1-2-3-4-5-6-7(8)9;1-8-4-2-3-5(6)7;5-3-1-2-4(6)7;1-2-3-4-5;;;/h1-15H;3-4H,2,5-6H2,1H3,(H,8,9);8H,2-4H2,1H3,(H,6,7);1-3H2,(H,6,7);4H,2-3H2,1H3;3*1H/b;4-3+;;;;;;/i;;;;;;;1+2. The molecule has 3 rings (SSSR count). The van der Waals surface area contributed by atoms with Crippen molar-refractivity contribution in [2.24, 2.45) is 0 Å². The van der Waals surface area contributed by atoms with E-state index < -0.39 is 25.8 Å². The minimum absolute atomic E-state index is 0. The fraction of sp³-hybridized carbons (Fsp3) is 0.368. The number of benzene rings is 3. The van der Waals surface area contributed by atoms with Gasteiger partial charge in [-0.15, -0.1) is 25.6 Å². The second kappa shape index (κ2) is 40.7. The van der Waals surface area contributed by atoms with E-state index in [-0.39, 0.29) is 36.0 Å². The van der Waals surface area contributed by atoms with Crippen LogP contribution >= 0.6 is 49.4 Å². The number of aliphatic carboxylic acids is 3. The van der Waals surface area contributed by atoms with Crippen molar-refractivity contribution in [3.05, 3.63) is 103 Å². The largest absolute Gasteiger partial charge is 0.481 e. The van der Waals surface area contributed by atoms with E-state index in [4.69, 9.17) is 15.3 Å². The summed E-state index contributed by atoms with van der Waals surface area (Å²) >= 11 is 3.11. The average molecular weight is 869 g/mol. The van der Waals surface area contributed by atoms with Crippen LogP contribution in [0.4, 0.5) is 4.70 Å². The van der Waals surface area contributed by atoms with Crippen LogP contribution in [0.3, 0.4) is 0 Å². The van der Waals surface area contributed by atoms with Crippen LogP contribution in [0.2, 0.25) is 0 Å². The molecule has 0 aliphatic carbocycles. The van der Waals surface area contributed by atoms with E-state index in [1.54, 1.807) is 0 Å². The molecular formula is C38H57Br2FO7P2. The SMILES string of the molecule is Br.CC/C=C/CCC(=O)O.CCCC=O.CPCCCC(=O)O.F.O=C(O)CCCBr.[3HH].c1ccc(P(c2ccccc2)c2ccccc2)cc1. The van der Waals surface area contributed by atoms with Crippen molar-refractivity contribution in [3.8, 4) is 0 Å². The van der Waals surface area contributed by atoms with Gasteiger partial charge in [0.05, 0.1) is 0 Å². The highest BCUT2D eigenvalue weighted by Crippen LogP contribution is 2.32. The summed E-state index contributed by atoms with van der Waals surface area (Å²) in [5.74, 6) is -2.13. The number of carbonyl (C=O) groups is 4. The van der Waals surface area contributed by atoms with Crippen molar-refractivity contribution in [2.45, 2.75) is 71.6 Å². The molecular weight excluding hydrogens is 809 g/mol. The molecule has 1 unspecified atom stereocenters. The number of halogens is 3. The molecule has 3 aromatic carbocycles. The molecule has 7 nitrogen and oxygen atoms in total. The van der Waals surface area contributed by atoms with Gasteiger partial charge in [0, 0.05) is 32.4 Å². The molecule has 50 heavy (non-hydrogen) atoms. The highest BCUT2D eigenvalue weighted by molar-refractivity contribution is 9.09. The van der Waals surface area contributed by atoms with Gasteiger partial charge in [-0.05, 0) is 68.8 Å². The van der Waals surface area contributed by atoms with E-state index in [0.717, 1.165) is 52.0 Å². The number of carboxylic acids is 3. The summed E-state index contributed by atoms with van der Waals surface area (Å²) < 4.78 is 0. The van der Waals surface area contributed by atoms with Crippen molar-refractivity contribution in [3.63, 3.8) is 0 Å². The predicted octanol–water partition coefficient (Wildman–Crippen LogP) is 9.63. The van der Waals surface area contributed by atoms with Crippen LogP contribution in [0, 0.1) is 0 Å². The van der Waals surface area contributed by atoms with Crippen molar-refractivity contribution in [1.82, 2.24) is 0 Å². The normalized spacial score (nSPS) is 9.54. The van der Waals surface area contributed by atoms with Gasteiger partial charge in [-0.3, -0.25) is 19.1 Å². The van der Waals surface area contributed by atoms with E-state index in [1.165, 1.54) is 15.9 Å². The third kappa shape index (κ3) is 35.1. The highest BCUT2D eigenvalue weighted by atomic mass is 79.9. The Morgan fingerprint density at radius 1 is 0.700 bits per heavy atom. The zero-order valence-electron chi connectivity index (χ0n) is 29.3. The molecule has 0 spiro atoms. The number of hydrogen-bond donors (Lipinski definition) is 3. The first-order valence-electron chi connectivity index (χ1n) is 16.1. The third-order valence-electron chi connectivity index (χ3n) is 5.72. The molecule has 0 radical (unpaired) electrons. The number of carbonyl (C=O) groups excluding carboxylic acids is 1. The third-order valence-corrected chi connectivity index (χ3v) is 9.58. The van der Waals surface area contributed by atoms with Crippen molar-refractivity contribution >= 4 is 89.5 Å². The maximum Gasteiger partial charge on any atom is 0.303 e. The van der Waals surface area contributed by atoms with E-state index in [0.29, 0.717) is 19.3 Å². The molecule has 0 saturated heterocycles. The molecule has 0 aromatic heterocycles. The molecule has 12 heteroatoms. The van der Waals surface area contributed by atoms with Crippen LogP contribution in [0.1, 0.15) is 73.1 Å². The van der Waals surface area contributed by atoms with Gasteiger partial charge in [0.2, 0.25) is 0 Å². The number of alkyl halides is 1. The smallest absolute Gasteiger partial charge is 0.303 e. The Balaban J connectivity index is -0.000000189. The lowest BCUT2D eigenvalue weighted by atomic mass is 10.3. The Morgan fingerprint density at radius 3 is 1.36 bits per heavy atom. The summed E-state index contributed by atoms with van der Waals surface area (Å²) in [4.78, 5) is 38.9. The highest BCUT2D eigenvalue weighted by Gasteiger charge is 2.15. The van der Waals surface area contributed by atoms with Gasteiger partial charge in [0.15, 0.2) is 0 Å². The second-order valence-corrected chi connectivity index (χ2v) is 14.1. The maximum atomic E-state index is 9.93. The minimum Gasteiger partial charge on any atom is -0.481 e. The summed E-state index contributed by atoms with van der Waals surface area (Å²) in [5.41, 5.74) is 0. The first-order chi connectivity index (χ1) is 23.2. The van der Waals surface area contributed by atoms with Gasteiger partial charge >= 0.3 is 17.9 Å². The number of unbranched alkanes of at least 4 members (excludes halogenated alkanes) is 1. The monoisotopic (exact) mass is 866 g/mol. The van der Waals surface area contributed by atoms with Gasteiger partial charge in [-0.2, -0.15) is 0 Å². The molecule has 0 aliphatic rings. The zero-order valence-corrected chi connectivity index (χ0v) is 34.5. The average Bonchev–Trinajstić information content (AvgIpc) is 3.09. The van der Waals surface area contributed by atoms with Crippen LogP contribution < -0.4 is 15.9 Å². The maximum absolute atomic E-state index is 9.93. The Bertz CT molecular complexity index is 1150. The van der Waals surface area contributed by atoms with E-state index >= 15 is 0 Å². The first kappa shape index (κ1) is 54.0. The van der Waals surface area contributed by atoms with Crippen LogP contribution in [0.5, 0.6) is 0 Å². The Morgan fingerprint density at radius 2 is 1.10 bits per heavy atom. The number of rotatable bonds is 16. The van der Waals surface area contributed by atoms with E-state index in [2.05, 4.69) is 114 Å². The lowest BCUT2D eigenvalue weighted by Crippen LogP contribution is -2.20. The topological polar surface area (TPSA) is 129 Å². The van der Waals surface area contributed by atoms with E-state index in [1.807, 2.05) is 26.0 Å². The lowest BCUT2D eigenvalue weighted by Gasteiger charge is -2.18. The number of hydrogen-bond acceptors (Lipinski definition) is 4. The summed E-state index contributed by atoms with van der Waals surface area (Å²) in [7, 11) is 0.448. The predicted molar refractivity (Wildman–Crippen MR) is 224 cm³/mol. The molecule has 0 fully saturated rings. The summed E-state index contributed by atoms with van der Waals surface area (Å²) in [6.07, 6.45) is 11.6. The number of allylic oxidation sites excluding steroid dienone is 2. The molecule has 3 N–H and O–H groups in total. The summed E-state index contributed by atoms with van der Waals surface area (Å²) in [5, 5.41) is 29.3. The molecule has 0 aliphatic heterocycles. The van der Waals surface area contributed by atoms with Crippen LogP contribution in [-0.4, -0.2) is 57.7 Å². The molecule has 0 saturated carbocycles. The summed E-state index contributed by atoms with van der Waals surface area (Å²) in [6.45, 7) is 6.09. The fourth-order valence-corrected chi connectivity index (χ4v) is 6.54. The Labute approximate surface area is 321 Å². The van der Waals surface area contributed by atoms with Crippen LogP contribution in [0.25, 0.3) is 0 Å². The van der Waals surface area contributed by atoms with Crippen LogP contribution in [0.15, 0.2) is 103 Å². The zero-order chi connectivity index (χ0) is 36.3. The van der Waals surface area contributed by atoms with Gasteiger partial charge in [0.1, 0.15) is 6.29 Å². The Hall–Kier alpha value is -2.77. The first-order valence-corrected chi connectivity index (χ1v) is 20.2. The summed E-state index contributed by atoms with van der Waals surface area (Å²) in [6, 6.07) is 32.3. The second-order valence-electron chi connectivity index (χ2n) is 9.90. The molecule has 3 aromatic rings. The van der Waals surface area contributed by atoms with Crippen molar-refractivity contribution < 1.29 is 40.6 Å². The number of carboxylic acid groups (broad SMARTS) is 3. The minimum atomic E-state index is -0.726. The molecule has 282 valence electrons. The lowest BCUT2D eigenvalue weighted by molar-refractivity contribution is -0.138.